The van der Waals surface area contributed by atoms with Crippen molar-refractivity contribution in [1.82, 2.24) is 10.2 Å². The minimum Gasteiger partial charge on any atom is -0.444 e. The molecule has 1 rings (SSSR count). The van der Waals surface area contributed by atoms with E-state index >= 15 is 0 Å². The fraction of sp³-hybridized carbons (Fsp3) is 0.750. The van der Waals surface area contributed by atoms with Gasteiger partial charge in [0, 0.05) is 13.0 Å². The molecule has 4 N–H and O–H groups in total. The average Bonchev–Trinajstić information content (AvgIpc) is 2.66. The van der Waals surface area contributed by atoms with Gasteiger partial charge in [0.25, 0.3) is 0 Å². The van der Waals surface area contributed by atoms with Gasteiger partial charge in [0.05, 0.1) is 6.10 Å². The minimum absolute atomic E-state index is 0.0302. The van der Waals surface area contributed by atoms with E-state index in [1.165, 1.54) is 4.90 Å². The Morgan fingerprint density at radius 3 is 2.50 bits per heavy atom. The summed E-state index contributed by atoms with van der Waals surface area (Å²) in [5, 5.41) is 11.8. The first-order valence-electron chi connectivity index (χ1n) is 6.34. The molecule has 1 aliphatic heterocycles. The van der Waals surface area contributed by atoms with Gasteiger partial charge in [-0.2, -0.15) is 0 Å². The van der Waals surface area contributed by atoms with Crippen molar-refractivity contribution in [2.75, 3.05) is 13.1 Å². The van der Waals surface area contributed by atoms with Crippen LogP contribution in [0.2, 0.25) is 0 Å². The number of likely N-dealkylation sites (tertiary alicyclic amines) is 1. The number of aliphatic hydroxyl groups is 1. The lowest BCUT2D eigenvalue weighted by molar-refractivity contribution is -0.136. The smallest absolute Gasteiger partial charge is 0.408 e. The van der Waals surface area contributed by atoms with Gasteiger partial charge in [0.2, 0.25) is 11.8 Å². The second-order valence-electron chi connectivity index (χ2n) is 5.71. The first kappa shape index (κ1) is 16.2. The molecule has 20 heavy (non-hydrogen) atoms. The number of nitrogens with one attached hydrogen (secondary N) is 1. The number of primary amides is 1. The Morgan fingerprint density at radius 1 is 1.40 bits per heavy atom. The summed E-state index contributed by atoms with van der Waals surface area (Å²) < 4.78 is 4.98. The molecule has 0 unspecified atom stereocenters. The largest absolute Gasteiger partial charge is 0.444 e. The van der Waals surface area contributed by atoms with Gasteiger partial charge in [0.1, 0.15) is 18.2 Å². The van der Waals surface area contributed by atoms with Gasteiger partial charge in [0.15, 0.2) is 0 Å². The Bertz CT molecular complexity index is 404. The maximum Gasteiger partial charge on any atom is 0.408 e. The zero-order valence-corrected chi connectivity index (χ0v) is 11.9. The fourth-order valence-corrected chi connectivity index (χ4v) is 1.92. The zero-order chi connectivity index (χ0) is 15.5. The number of ether oxygens (including phenoxy) is 1. The van der Waals surface area contributed by atoms with Crippen molar-refractivity contribution in [1.29, 1.82) is 0 Å². The summed E-state index contributed by atoms with van der Waals surface area (Å²) in [4.78, 5) is 35.7. The lowest BCUT2D eigenvalue weighted by Gasteiger charge is -2.23. The molecular weight excluding hydrogens is 266 g/mol. The van der Waals surface area contributed by atoms with E-state index in [4.69, 9.17) is 10.5 Å². The van der Waals surface area contributed by atoms with E-state index in [0.29, 0.717) is 0 Å². The predicted molar refractivity (Wildman–Crippen MR) is 69.6 cm³/mol. The highest BCUT2D eigenvalue weighted by Crippen LogP contribution is 2.17. The molecule has 0 aromatic carbocycles. The van der Waals surface area contributed by atoms with Crippen LogP contribution in [0.3, 0.4) is 0 Å². The van der Waals surface area contributed by atoms with Crippen LogP contribution in [0, 0.1) is 0 Å². The maximum absolute atomic E-state index is 11.9. The van der Waals surface area contributed by atoms with Crippen LogP contribution in [0.15, 0.2) is 0 Å². The van der Waals surface area contributed by atoms with Crippen LogP contribution in [0.4, 0.5) is 4.79 Å². The van der Waals surface area contributed by atoms with Crippen LogP contribution < -0.4 is 11.1 Å². The number of aliphatic hydroxyl groups excluding tert-OH is 1. The molecule has 1 aliphatic rings. The van der Waals surface area contributed by atoms with Gasteiger partial charge in [-0.25, -0.2) is 4.79 Å². The molecule has 0 radical (unpaired) electrons. The normalized spacial score (nSPS) is 22.5. The Balaban J connectivity index is 2.50. The molecule has 0 saturated carbocycles. The topological polar surface area (TPSA) is 122 Å². The van der Waals surface area contributed by atoms with Gasteiger partial charge in [-0.05, 0) is 20.8 Å². The van der Waals surface area contributed by atoms with E-state index in [0.717, 1.165) is 0 Å². The number of amides is 3. The Kier molecular flexibility index (Phi) is 4.93. The molecule has 3 amide bonds. The van der Waals surface area contributed by atoms with Crippen LogP contribution in [0.1, 0.15) is 27.2 Å². The standard InChI is InChI=1S/C12H21N3O5/c1-12(2,3)20-11(19)14-5-9(17)15-6-7(16)4-8(15)10(13)18/h7-8,16H,4-6H2,1-3H3,(H2,13,18)(H,14,19)/t7-,8-/m0/s1. The highest BCUT2D eigenvalue weighted by atomic mass is 16.6. The molecule has 0 spiro atoms. The van der Waals surface area contributed by atoms with Crippen LogP contribution in [0.5, 0.6) is 0 Å². The predicted octanol–water partition coefficient (Wildman–Crippen LogP) is -1.04. The fourth-order valence-electron chi connectivity index (χ4n) is 1.92. The third-order valence-electron chi connectivity index (χ3n) is 2.71. The maximum atomic E-state index is 11.9. The van der Waals surface area contributed by atoms with Gasteiger partial charge in [-0.15, -0.1) is 0 Å². The zero-order valence-electron chi connectivity index (χ0n) is 11.9. The number of hydrogen-bond donors (Lipinski definition) is 3. The van der Waals surface area contributed by atoms with Crippen molar-refractivity contribution in [2.24, 2.45) is 5.73 Å². The first-order valence-corrected chi connectivity index (χ1v) is 6.34. The summed E-state index contributed by atoms with van der Waals surface area (Å²) in [6.45, 7) is 4.82. The molecule has 1 fully saturated rings. The van der Waals surface area contributed by atoms with Gasteiger partial charge >= 0.3 is 6.09 Å². The molecule has 8 nitrogen and oxygen atoms in total. The molecule has 8 heteroatoms. The molecule has 0 aromatic heterocycles. The minimum atomic E-state index is -0.835. The molecular formula is C12H21N3O5. The number of carbonyl (C=O) groups is 3. The molecule has 1 saturated heterocycles. The van der Waals surface area contributed by atoms with Crippen molar-refractivity contribution < 1.29 is 24.2 Å². The number of hydrogen-bond acceptors (Lipinski definition) is 5. The lowest BCUT2D eigenvalue weighted by atomic mass is 10.2. The molecule has 0 aromatic rings. The molecule has 0 aliphatic carbocycles. The summed E-state index contributed by atoms with van der Waals surface area (Å²) in [5.41, 5.74) is 4.51. The van der Waals surface area contributed by atoms with E-state index in [2.05, 4.69) is 5.32 Å². The van der Waals surface area contributed by atoms with E-state index in [9.17, 15) is 19.5 Å². The monoisotopic (exact) mass is 287 g/mol. The number of nitrogens with two attached hydrogens (primary N) is 1. The summed E-state index contributed by atoms with van der Waals surface area (Å²) in [6, 6.07) is -0.835. The summed E-state index contributed by atoms with van der Waals surface area (Å²) in [5.74, 6) is -1.16. The number of alkyl carbamates (subject to hydrolysis) is 1. The van der Waals surface area contributed by atoms with E-state index in [-0.39, 0.29) is 19.5 Å². The third kappa shape index (κ3) is 4.69. The number of β-amino-alcohol motifs (C(OH)–C–C–N with tert-alkyl or cyclic N) is 1. The van der Waals surface area contributed by atoms with Crippen LogP contribution >= 0.6 is 0 Å². The van der Waals surface area contributed by atoms with Crippen LogP contribution in [0.25, 0.3) is 0 Å². The summed E-state index contributed by atoms with van der Waals surface area (Å²) in [6.07, 6.45) is -1.38. The third-order valence-corrected chi connectivity index (χ3v) is 2.71. The van der Waals surface area contributed by atoms with Crippen LogP contribution in [-0.2, 0) is 14.3 Å². The average molecular weight is 287 g/mol. The molecule has 1 heterocycles. The van der Waals surface area contributed by atoms with Gasteiger partial charge < -0.3 is 25.8 Å². The summed E-state index contributed by atoms with van der Waals surface area (Å²) >= 11 is 0. The SMILES string of the molecule is CC(C)(C)OC(=O)NCC(=O)N1C[C@@H](O)C[C@H]1C(N)=O. The highest BCUT2D eigenvalue weighted by molar-refractivity contribution is 5.89. The number of carbonyl (C=O) groups excluding carboxylic acids is 3. The Morgan fingerprint density at radius 2 is 2.00 bits per heavy atom. The summed E-state index contributed by atoms with van der Waals surface area (Å²) in [7, 11) is 0. The highest BCUT2D eigenvalue weighted by Gasteiger charge is 2.37. The van der Waals surface area contributed by atoms with Crippen molar-refractivity contribution >= 4 is 17.9 Å². The quantitative estimate of drug-likeness (QED) is 0.612. The van der Waals surface area contributed by atoms with Crippen molar-refractivity contribution in [2.45, 2.75) is 44.9 Å². The van der Waals surface area contributed by atoms with E-state index in [1.54, 1.807) is 20.8 Å². The van der Waals surface area contributed by atoms with Gasteiger partial charge in [-0.3, -0.25) is 9.59 Å². The van der Waals surface area contributed by atoms with Crippen molar-refractivity contribution in [3.8, 4) is 0 Å². The Hall–Kier alpha value is -1.83. The van der Waals surface area contributed by atoms with Crippen molar-refractivity contribution in [3.05, 3.63) is 0 Å². The Labute approximate surface area is 117 Å². The van der Waals surface area contributed by atoms with E-state index in [1.807, 2.05) is 0 Å². The number of nitrogens with zero attached hydrogens (tertiary/aromatic N) is 1. The number of rotatable bonds is 3. The van der Waals surface area contributed by atoms with Crippen LogP contribution in [-0.4, -0.2) is 58.8 Å². The van der Waals surface area contributed by atoms with E-state index < -0.39 is 35.7 Å². The van der Waals surface area contributed by atoms with Crippen molar-refractivity contribution in [3.63, 3.8) is 0 Å². The molecule has 114 valence electrons. The van der Waals surface area contributed by atoms with Gasteiger partial charge in [-0.1, -0.05) is 0 Å². The molecule has 2 atom stereocenters. The first-order chi connectivity index (χ1) is 9.10. The second-order valence-corrected chi connectivity index (χ2v) is 5.71. The second kappa shape index (κ2) is 6.08. The lowest BCUT2D eigenvalue weighted by Crippen LogP contribution is -2.48. The molecule has 0 bridgehead atoms.